The Morgan fingerprint density at radius 2 is 1.27 bits per heavy atom. The lowest BCUT2D eigenvalue weighted by Crippen LogP contribution is -2.52. The van der Waals surface area contributed by atoms with Crippen molar-refractivity contribution in [1.29, 1.82) is 0 Å². The van der Waals surface area contributed by atoms with E-state index in [1.165, 1.54) is 0 Å². The lowest BCUT2D eigenvalue weighted by molar-refractivity contribution is -0.153. The molecule has 0 aliphatic carbocycles. The molecule has 1 aromatic heterocycles. The first-order valence-corrected chi connectivity index (χ1v) is 12.1. The molecule has 0 unspecified atom stereocenters. The van der Waals surface area contributed by atoms with Crippen LogP contribution in [0.2, 0.25) is 0 Å². The zero-order chi connectivity index (χ0) is 25.8. The first-order chi connectivity index (χ1) is 18.0. The van der Waals surface area contributed by atoms with Gasteiger partial charge in [0.2, 0.25) is 0 Å². The molecule has 9 heteroatoms. The average molecular weight is 499 g/mol. The molecule has 0 bridgehead atoms. The van der Waals surface area contributed by atoms with Gasteiger partial charge in [0.05, 0.1) is 11.0 Å². The zero-order valence-electron chi connectivity index (χ0n) is 20.1. The number of carbonyl (C=O) groups excluding carboxylic acids is 3. The number of hydrogen-bond donors (Lipinski definition) is 1. The summed E-state index contributed by atoms with van der Waals surface area (Å²) < 4.78 is 7.06. The normalized spacial score (nSPS) is 13.5. The number of nitrogens with one attached hydrogen (secondary N) is 1. The fourth-order valence-electron chi connectivity index (χ4n) is 4.54. The van der Waals surface area contributed by atoms with E-state index >= 15 is 0 Å². The Morgan fingerprint density at radius 1 is 0.730 bits per heavy atom. The molecule has 0 radical (unpaired) electrons. The number of benzene rings is 3. The maximum absolute atomic E-state index is 12.9. The van der Waals surface area contributed by atoms with Crippen LogP contribution in [0.1, 0.15) is 0 Å². The minimum atomic E-state index is -0.576. The quantitative estimate of drug-likeness (QED) is 0.337. The van der Waals surface area contributed by atoms with Crippen molar-refractivity contribution in [3.05, 3.63) is 89.1 Å². The number of para-hydroxylation sites is 3. The second-order valence-electron chi connectivity index (χ2n) is 8.77. The number of nitrogens with zero attached hydrogens (tertiary/aromatic N) is 3. The molecule has 4 aromatic rings. The molecule has 2 heterocycles. The number of esters is 1. The summed E-state index contributed by atoms with van der Waals surface area (Å²) in [4.78, 5) is 54.0. The summed E-state index contributed by atoms with van der Waals surface area (Å²) in [5.41, 5.74) is 1.86. The first kappa shape index (κ1) is 24.1. The van der Waals surface area contributed by atoms with Crippen LogP contribution >= 0.6 is 0 Å². The van der Waals surface area contributed by atoms with E-state index in [0.717, 1.165) is 0 Å². The minimum absolute atomic E-state index is 0.0948. The summed E-state index contributed by atoms with van der Waals surface area (Å²) in [7, 11) is 0. The third-order valence-electron chi connectivity index (χ3n) is 6.47. The van der Waals surface area contributed by atoms with Gasteiger partial charge in [-0.25, -0.2) is 4.79 Å². The van der Waals surface area contributed by atoms with Crippen molar-refractivity contribution in [3.8, 4) is 0 Å². The van der Waals surface area contributed by atoms with Gasteiger partial charge in [0.15, 0.2) is 12.0 Å². The van der Waals surface area contributed by atoms with Crippen LogP contribution in [0.5, 0.6) is 0 Å². The van der Waals surface area contributed by atoms with Crippen molar-refractivity contribution in [1.82, 2.24) is 14.4 Å². The molecule has 1 saturated heterocycles. The van der Waals surface area contributed by atoms with E-state index in [9.17, 15) is 19.2 Å². The van der Waals surface area contributed by atoms with E-state index in [-0.39, 0.29) is 30.5 Å². The molecule has 9 nitrogen and oxygen atoms in total. The number of hydrogen-bond acceptors (Lipinski definition) is 5. The first-order valence-electron chi connectivity index (χ1n) is 12.1. The van der Waals surface area contributed by atoms with Crippen LogP contribution in [0.3, 0.4) is 0 Å². The monoisotopic (exact) mass is 498 g/mol. The zero-order valence-corrected chi connectivity index (χ0v) is 20.1. The lowest BCUT2D eigenvalue weighted by atomic mass is 10.1. The number of piperazine rings is 1. The number of aromatic nitrogens is 1. The van der Waals surface area contributed by atoms with Gasteiger partial charge in [-0.2, -0.15) is 0 Å². The number of fused-ring (bicyclic) bond motifs is 2. The molecule has 1 N–H and O–H groups in total. The van der Waals surface area contributed by atoms with Crippen molar-refractivity contribution in [2.24, 2.45) is 0 Å². The minimum Gasteiger partial charge on any atom is -0.454 e. The van der Waals surface area contributed by atoms with Crippen LogP contribution in [0.15, 0.2) is 83.7 Å². The van der Waals surface area contributed by atoms with Crippen LogP contribution in [-0.2, 0) is 20.9 Å². The summed E-state index contributed by atoms with van der Waals surface area (Å²) in [5, 5.41) is 3.87. The molecule has 1 aliphatic heterocycles. The van der Waals surface area contributed by atoms with E-state index in [1.807, 2.05) is 42.5 Å². The second kappa shape index (κ2) is 10.5. The summed E-state index contributed by atoms with van der Waals surface area (Å²) >= 11 is 0. The van der Waals surface area contributed by atoms with Crippen molar-refractivity contribution in [2.75, 3.05) is 38.1 Å². The Bertz CT molecular complexity index is 1460. The molecular weight excluding hydrogens is 472 g/mol. The molecule has 5 rings (SSSR count). The summed E-state index contributed by atoms with van der Waals surface area (Å²) in [6, 6.07) is 23.2. The van der Waals surface area contributed by atoms with E-state index in [0.29, 0.717) is 53.7 Å². The summed E-state index contributed by atoms with van der Waals surface area (Å²) in [5.74, 6) is -0.890. The van der Waals surface area contributed by atoms with Crippen LogP contribution in [0.25, 0.3) is 21.8 Å². The van der Waals surface area contributed by atoms with Gasteiger partial charge >= 0.3 is 12.0 Å². The standard InChI is InChI=1S/C28H26N4O5/c33-25(30-14-16-31(17-15-30)28(36)29-20-8-2-1-3-9-20)19-37-26(34)18-32-23-12-6-4-10-21(23)27(35)22-11-5-7-13-24(22)32/h1-13H,14-19H2,(H,29,36). The van der Waals surface area contributed by atoms with E-state index in [1.54, 1.807) is 50.8 Å². The van der Waals surface area contributed by atoms with Crippen molar-refractivity contribution >= 4 is 45.4 Å². The third-order valence-corrected chi connectivity index (χ3v) is 6.47. The van der Waals surface area contributed by atoms with Gasteiger partial charge in [-0.05, 0) is 36.4 Å². The van der Waals surface area contributed by atoms with Gasteiger partial charge < -0.3 is 24.4 Å². The molecule has 3 aromatic carbocycles. The Balaban J connectivity index is 1.18. The van der Waals surface area contributed by atoms with Crippen LogP contribution in [0, 0.1) is 0 Å². The van der Waals surface area contributed by atoms with Gasteiger partial charge in [-0.3, -0.25) is 14.4 Å². The fraction of sp³-hybridized carbons (Fsp3) is 0.214. The van der Waals surface area contributed by atoms with Gasteiger partial charge in [0.25, 0.3) is 5.91 Å². The molecule has 1 fully saturated rings. The topological polar surface area (TPSA) is 101 Å². The number of rotatable bonds is 5. The average Bonchev–Trinajstić information content (AvgIpc) is 2.94. The highest BCUT2D eigenvalue weighted by Crippen LogP contribution is 2.19. The third kappa shape index (κ3) is 5.16. The molecule has 188 valence electrons. The van der Waals surface area contributed by atoms with Gasteiger partial charge in [0.1, 0.15) is 6.54 Å². The molecule has 37 heavy (non-hydrogen) atoms. The largest absolute Gasteiger partial charge is 0.454 e. The number of pyridine rings is 1. The number of carbonyl (C=O) groups is 3. The highest BCUT2D eigenvalue weighted by Gasteiger charge is 2.25. The van der Waals surface area contributed by atoms with E-state index < -0.39 is 5.97 Å². The Kier molecular flexibility index (Phi) is 6.85. The van der Waals surface area contributed by atoms with E-state index in [4.69, 9.17) is 4.74 Å². The van der Waals surface area contributed by atoms with Crippen molar-refractivity contribution in [3.63, 3.8) is 0 Å². The summed E-state index contributed by atoms with van der Waals surface area (Å²) in [6.45, 7) is 0.954. The maximum Gasteiger partial charge on any atom is 0.326 e. The second-order valence-corrected chi connectivity index (χ2v) is 8.77. The molecule has 0 saturated carbocycles. The maximum atomic E-state index is 12.9. The summed E-state index contributed by atoms with van der Waals surface area (Å²) in [6.07, 6.45) is 0. The lowest BCUT2D eigenvalue weighted by Gasteiger charge is -2.34. The van der Waals surface area contributed by atoms with Gasteiger partial charge in [-0.15, -0.1) is 0 Å². The fourth-order valence-corrected chi connectivity index (χ4v) is 4.54. The Morgan fingerprint density at radius 3 is 1.89 bits per heavy atom. The predicted molar refractivity (Wildman–Crippen MR) is 140 cm³/mol. The van der Waals surface area contributed by atoms with E-state index in [2.05, 4.69) is 5.32 Å². The molecular formula is C28H26N4O5. The van der Waals surface area contributed by atoms with Crippen LogP contribution in [-0.4, -0.2) is 65.1 Å². The van der Waals surface area contributed by atoms with Crippen molar-refractivity contribution in [2.45, 2.75) is 6.54 Å². The molecule has 0 spiro atoms. The SMILES string of the molecule is O=C(Cn1c2ccccc2c(=O)c2ccccc21)OCC(=O)N1CCN(C(=O)Nc2ccccc2)CC1. The van der Waals surface area contributed by atoms with Gasteiger partial charge in [-0.1, -0.05) is 42.5 Å². The molecule has 1 aliphatic rings. The highest BCUT2D eigenvalue weighted by atomic mass is 16.5. The predicted octanol–water partition coefficient (Wildman–Crippen LogP) is 3.07. The molecule has 3 amide bonds. The Hall–Kier alpha value is -4.66. The number of anilines is 1. The van der Waals surface area contributed by atoms with Gasteiger partial charge in [0, 0.05) is 42.6 Å². The number of urea groups is 1. The van der Waals surface area contributed by atoms with Crippen LogP contribution < -0.4 is 10.7 Å². The van der Waals surface area contributed by atoms with Crippen LogP contribution in [0.4, 0.5) is 10.5 Å². The number of amides is 3. The van der Waals surface area contributed by atoms with Crippen molar-refractivity contribution < 1.29 is 19.1 Å². The Labute approximate surface area is 212 Å². The number of ether oxygens (including phenoxy) is 1. The molecule has 0 atom stereocenters. The highest BCUT2D eigenvalue weighted by molar-refractivity contribution is 5.94. The smallest absolute Gasteiger partial charge is 0.326 e.